The maximum absolute atomic E-state index is 13.3. The average molecular weight is 365 g/mol. The van der Waals surface area contributed by atoms with Crippen molar-refractivity contribution >= 4 is 9.84 Å². The second-order valence-corrected chi connectivity index (χ2v) is 9.34. The largest absolute Gasteiger partial charge is 0.372 e. The normalized spacial score (nSPS) is 26.2. The summed E-state index contributed by atoms with van der Waals surface area (Å²) in [6.45, 7) is 4.24. The molecule has 1 saturated carbocycles. The van der Waals surface area contributed by atoms with Gasteiger partial charge in [0.1, 0.15) is 10.3 Å². The Balaban J connectivity index is 2.21. The molecule has 0 amide bonds. The first-order valence-corrected chi connectivity index (χ1v) is 11.0. The lowest BCUT2D eigenvalue weighted by molar-refractivity contribution is 0.108. The number of allylic oxidation sites excluding steroid dienone is 1. The first-order valence-electron chi connectivity index (χ1n) is 9.52. The lowest BCUT2D eigenvalue weighted by atomic mass is 10.1. The summed E-state index contributed by atoms with van der Waals surface area (Å²) in [6, 6.07) is 8.80. The third kappa shape index (κ3) is 3.85. The minimum Gasteiger partial charge on any atom is -0.372 e. The number of unbranched alkanes of at least 4 members (excludes halogenated alkanes) is 4. The lowest BCUT2D eigenvalue weighted by Gasteiger charge is -2.23. The van der Waals surface area contributed by atoms with Gasteiger partial charge in [0.2, 0.25) is 0 Å². The third-order valence-electron chi connectivity index (χ3n) is 5.39. The van der Waals surface area contributed by atoms with Crippen LogP contribution in [0.15, 0.2) is 47.4 Å². The second-order valence-electron chi connectivity index (χ2n) is 7.08. The van der Waals surface area contributed by atoms with E-state index in [0.717, 1.165) is 19.3 Å². The molecule has 3 nitrogen and oxygen atoms in total. The Bertz CT molecular complexity index is 666. The van der Waals surface area contributed by atoms with E-state index in [2.05, 4.69) is 13.0 Å². The molecule has 0 radical (unpaired) electrons. The van der Waals surface area contributed by atoms with Gasteiger partial charge in [0, 0.05) is 13.5 Å². The number of hydrogen-bond donors (Lipinski definition) is 0. The minimum atomic E-state index is -3.44. The highest BCUT2D eigenvalue weighted by Crippen LogP contribution is 2.61. The number of hydrogen-bond acceptors (Lipinski definition) is 3. The summed E-state index contributed by atoms with van der Waals surface area (Å²) in [5.41, 5.74) is -0.678. The number of rotatable bonds is 11. The average Bonchev–Trinajstić information content (AvgIpc) is 3.29. The third-order valence-corrected chi connectivity index (χ3v) is 8.01. The minimum absolute atomic E-state index is 0.402. The van der Waals surface area contributed by atoms with Crippen LogP contribution in [0.5, 0.6) is 0 Å². The van der Waals surface area contributed by atoms with Crippen LogP contribution in [0.3, 0.4) is 0 Å². The number of benzene rings is 1. The molecule has 2 rings (SSSR count). The molecule has 2 atom stereocenters. The molecule has 0 bridgehead atoms. The number of ether oxygens (including phenoxy) is 1. The molecule has 1 fully saturated rings. The van der Waals surface area contributed by atoms with Crippen LogP contribution in [0.25, 0.3) is 0 Å². The van der Waals surface area contributed by atoms with Crippen molar-refractivity contribution in [3.8, 4) is 0 Å². The smallest absolute Gasteiger partial charge is 0.187 e. The summed E-state index contributed by atoms with van der Waals surface area (Å²) in [5.74, 6) is 0. The van der Waals surface area contributed by atoms with E-state index in [1.165, 1.54) is 19.3 Å². The molecule has 2 unspecified atom stereocenters. The Kier molecular flexibility index (Phi) is 6.86. The van der Waals surface area contributed by atoms with Crippen LogP contribution in [-0.4, -0.2) is 25.9 Å². The van der Waals surface area contributed by atoms with Gasteiger partial charge < -0.3 is 4.74 Å². The van der Waals surface area contributed by atoms with Crippen molar-refractivity contribution in [3.63, 3.8) is 0 Å². The summed E-state index contributed by atoms with van der Waals surface area (Å²) in [5, 5.41) is 0. The van der Waals surface area contributed by atoms with E-state index in [9.17, 15) is 8.42 Å². The van der Waals surface area contributed by atoms with Crippen LogP contribution < -0.4 is 0 Å². The fourth-order valence-electron chi connectivity index (χ4n) is 3.87. The summed E-state index contributed by atoms with van der Waals surface area (Å²) in [4.78, 5) is 0.402. The van der Waals surface area contributed by atoms with E-state index in [0.29, 0.717) is 17.7 Å². The van der Waals surface area contributed by atoms with Gasteiger partial charge in [-0.15, -0.1) is 0 Å². The summed E-state index contributed by atoms with van der Waals surface area (Å²) in [6.07, 6.45) is 12.0. The quantitative estimate of drug-likeness (QED) is 0.394. The maximum atomic E-state index is 13.3. The molecule has 0 aromatic heterocycles. The lowest BCUT2D eigenvalue weighted by Crippen LogP contribution is -2.34. The zero-order chi connectivity index (χ0) is 18.4. The van der Waals surface area contributed by atoms with Crippen molar-refractivity contribution in [2.75, 3.05) is 7.11 Å². The molecule has 4 heteroatoms. The summed E-state index contributed by atoms with van der Waals surface area (Å²) >= 11 is 0. The molecule has 1 aliphatic carbocycles. The first kappa shape index (κ1) is 20.2. The topological polar surface area (TPSA) is 43.4 Å². The molecule has 140 valence electrons. The van der Waals surface area contributed by atoms with Crippen molar-refractivity contribution in [1.82, 2.24) is 0 Å². The van der Waals surface area contributed by atoms with Crippen molar-refractivity contribution < 1.29 is 13.2 Å². The molecule has 0 saturated heterocycles. The molecule has 0 spiro atoms. The van der Waals surface area contributed by atoms with Crippen molar-refractivity contribution in [1.29, 1.82) is 0 Å². The molecular weight excluding hydrogens is 332 g/mol. The SMILES string of the molecule is CCCCCC/C=C/C1(OC)CC1(CCC)S(=O)(=O)c1ccccc1. The molecule has 25 heavy (non-hydrogen) atoms. The van der Waals surface area contributed by atoms with Crippen molar-refractivity contribution in [2.45, 2.75) is 80.5 Å². The van der Waals surface area contributed by atoms with Gasteiger partial charge in [0.15, 0.2) is 9.84 Å². The first-order chi connectivity index (χ1) is 12.0. The van der Waals surface area contributed by atoms with Crippen LogP contribution in [-0.2, 0) is 14.6 Å². The fourth-order valence-corrected chi connectivity index (χ4v) is 6.32. The molecule has 1 aromatic rings. The van der Waals surface area contributed by atoms with Gasteiger partial charge in [0.25, 0.3) is 0 Å². The monoisotopic (exact) mass is 364 g/mol. The van der Waals surface area contributed by atoms with Crippen LogP contribution in [0, 0.1) is 0 Å². The molecule has 0 N–H and O–H groups in total. The Labute approximate surface area is 153 Å². The van der Waals surface area contributed by atoms with Gasteiger partial charge in [-0.3, -0.25) is 0 Å². The molecular formula is C21H32O3S. The Morgan fingerprint density at radius 1 is 1.08 bits per heavy atom. The predicted octanol–water partition coefficient (Wildman–Crippen LogP) is 5.31. The van der Waals surface area contributed by atoms with Gasteiger partial charge in [0.05, 0.1) is 4.90 Å². The summed E-state index contributed by atoms with van der Waals surface area (Å²) < 4.78 is 31.6. The van der Waals surface area contributed by atoms with Crippen molar-refractivity contribution in [3.05, 3.63) is 42.5 Å². The van der Waals surface area contributed by atoms with Crippen LogP contribution >= 0.6 is 0 Å². The van der Waals surface area contributed by atoms with Crippen LogP contribution in [0.2, 0.25) is 0 Å². The van der Waals surface area contributed by atoms with Gasteiger partial charge in [-0.2, -0.15) is 0 Å². The number of sulfone groups is 1. The van der Waals surface area contributed by atoms with Crippen molar-refractivity contribution in [2.24, 2.45) is 0 Å². The highest BCUT2D eigenvalue weighted by molar-refractivity contribution is 7.93. The number of methoxy groups -OCH3 is 1. The molecule has 1 aromatic carbocycles. The van der Waals surface area contributed by atoms with E-state index in [-0.39, 0.29) is 0 Å². The maximum Gasteiger partial charge on any atom is 0.187 e. The van der Waals surface area contributed by atoms with Gasteiger partial charge >= 0.3 is 0 Å². The van der Waals surface area contributed by atoms with Gasteiger partial charge in [-0.1, -0.05) is 69.9 Å². The Morgan fingerprint density at radius 3 is 2.40 bits per heavy atom. The Morgan fingerprint density at radius 2 is 1.80 bits per heavy atom. The molecule has 1 aliphatic rings. The fraction of sp³-hybridized carbons (Fsp3) is 0.619. The van der Waals surface area contributed by atoms with E-state index in [4.69, 9.17) is 4.74 Å². The zero-order valence-electron chi connectivity index (χ0n) is 15.8. The van der Waals surface area contributed by atoms with E-state index in [1.807, 2.05) is 19.1 Å². The predicted molar refractivity (Wildman–Crippen MR) is 104 cm³/mol. The highest BCUT2D eigenvalue weighted by atomic mass is 32.2. The molecule has 0 heterocycles. The van der Waals surface area contributed by atoms with Gasteiger partial charge in [-0.05, 0) is 31.4 Å². The standard InChI is InChI=1S/C21H32O3S/c1-4-6-7-8-9-13-17-20(24-3)18-21(20,16-5-2)25(22,23)19-14-11-10-12-15-19/h10-15,17H,4-9,16,18H2,1-3H3/b17-13+. The second kappa shape index (κ2) is 8.50. The van der Waals surface area contributed by atoms with Gasteiger partial charge in [-0.25, -0.2) is 8.42 Å². The summed E-state index contributed by atoms with van der Waals surface area (Å²) in [7, 11) is -1.80. The van der Waals surface area contributed by atoms with Crippen LogP contribution in [0.1, 0.15) is 65.2 Å². The van der Waals surface area contributed by atoms with E-state index in [1.54, 1.807) is 31.4 Å². The molecule has 0 aliphatic heterocycles. The van der Waals surface area contributed by atoms with Crippen LogP contribution in [0.4, 0.5) is 0 Å². The van der Waals surface area contributed by atoms with E-state index >= 15 is 0 Å². The van der Waals surface area contributed by atoms with E-state index < -0.39 is 20.2 Å². The highest BCUT2D eigenvalue weighted by Gasteiger charge is 2.74. The Hall–Kier alpha value is -1.13. The zero-order valence-corrected chi connectivity index (χ0v) is 16.6.